The third-order valence-corrected chi connectivity index (χ3v) is 3.89. The number of aryl methyl sites for hydroxylation is 1. The predicted octanol–water partition coefficient (Wildman–Crippen LogP) is 1.33. The summed E-state index contributed by atoms with van der Waals surface area (Å²) in [4.78, 5) is 0. The summed E-state index contributed by atoms with van der Waals surface area (Å²) >= 11 is 0. The van der Waals surface area contributed by atoms with Crippen LogP contribution >= 0.6 is 0 Å². The number of fused-ring (bicyclic) bond motifs is 1. The monoisotopic (exact) mass is 517 g/mol. The summed E-state index contributed by atoms with van der Waals surface area (Å²) < 4.78 is 0. The first kappa shape index (κ1) is 32.9. The maximum absolute atomic E-state index is 2.99. The van der Waals surface area contributed by atoms with E-state index in [0.29, 0.717) is 0 Å². The minimum absolute atomic E-state index is 0. The smallest absolute Gasteiger partial charge is 1.00 e. The maximum atomic E-state index is 2.99. The van der Waals surface area contributed by atoms with Gasteiger partial charge in [0.15, 0.2) is 0 Å². The molecule has 151 valence electrons. The molecule has 0 unspecified atom stereocenters. The minimum Gasteiger partial charge on any atom is -1.00 e. The average Bonchev–Trinajstić information content (AvgIpc) is 3.44. The quantitative estimate of drug-likeness (QED) is 0.354. The van der Waals surface area contributed by atoms with Gasteiger partial charge in [0.1, 0.15) is 0 Å². The first-order chi connectivity index (χ1) is 12.9. The molecule has 3 aromatic carbocycles. The Morgan fingerprint density at radius 3 is 2.10 bits per heavy atom. The molecule has 0 saturated carbocycles. The second kappa shape index (κ2) is 20.5. The Morgan fingerprint density at radius 1 is 0.966 bits per heavy atom. The van der Waals surface area contributed by atoms with E-state index in [1.54, 1.807) is 6.55 Å². The standard InChI is InChI=1S/C17H15.C5H5.C2H6.CH3Si.2ClH.Zr/c1-2-13-11-15-9-6-10-16(17(15)12-13)14-7-4-3-5-8-14;1-2-4-5-3-1;2*1-2;;;/h3-12H,2H2,1H3;1-3H,4H2;1-2H3;1H3;2*1H;/q2*-1;;;;;+4/p-2. The van der Waals surface area contributed by atoms with Crippen molar-refractivity contribution in [1.29, 1.82) is 0 Å². The first-order valence-corrected chi connectivity index (χ1v) is 10.3. The molecule has 0 aromatic heterocycles. The third-order valence-electron chi connectivity index (χ3n) is 3.89. The molecule has 4 rings (SSSR count). The van der Waals surface area contributed by atoms with Crippen molar-refractivity contribution in [3.05, 3.63) is 90.5 Å². The summed E-state index contributed by atoms with van der Waals surface area (Å²) in [6.45, 7) is 8.01. The molecule has 29 heavy (non-hydrogen) atoms. The van der Waals surface area contributed by atoms with E-state index in [9.17, 15) is 0 Å². The van der Waals surface area contributed by atoms with Crippen molar-refractivity contribution < 1.29 is 51.0 Å². The number of rotatable bonds is 2. The zero-order valence-corrected chi connectivity index (χ0v) is 22.6. The number of benzene rings is 2. The average molecular weight is 520 g/mol. The van der Waals surface area contributed by atoms with Crippen LogP contribution in [0.4, 0.5) is 0 Å². The van der Waals surface area contributed by atoms with Crippen molar-refractivity contribution >= 4 is 21.0 Å². The predicted molar refractivity (Wildman–Crippen MR) is 119 cm³/mol. The third kappa shape index (κ3) is 10.7. The molecule has 0 atom stereocenters. The van der Waals surface area contributed by atoms with Crippen LogP contribution in [0.2, 0.25) is 6.55 Å². The van der Waals surface area contributed by atoms with Crippen LogP contribution in [0.3, 0.4) is 0 Å². The summed E-state index contributed by atoms with van der Waals surface area (Å²) in [5.41, 5.74) is 4.05. The van der Waals surface area contributed by atoms with Gasteiger partial charge in [-0.3, -0.25) is 6.08 Å². The fraction of sp³-hybridized carbons (Fsp3) is 0.240. The Hall–Kier alpha value is -0.790. The summed E-state index contributed by atoms with van der Waals surface area (Å²) in [5.74, 6) is 0. The SMILES string of the molecule is CC.CCc1cc2c(-c3ccccc3)cccc2[cH-]1.C[Si].[C-]1=CC=CC1.[Cl-].[Cl-].[Zr+4]. The second-order valence-electron chi connectivity index (χ2n) is 5.39. The van der Waals surface area contributed by atoms with Gasteiger partial charge in [-0.2, -0.15) is 12.1 Å². The van der Waals surface area contributed by atoms with Crippen LogP contribution in [0.1, 0.15) is 32.8 Å². The molecule has 0 amide bonds. The zero-order chi connectivity index (χ0) is 19.2. The van der Waals surface area contributed by atoms with Crippen LogP contribution < -0.4 is 24.8 Å². The summed E-state index contributed by atoms with van der Waals surface area (Å²) in [7, 11) is 2.97. The van der Waals surface area contributed by atoms with Gasteiger partial charge in [-0.15, -0.1) is 41.0 Å². The molecular weight excluding hydrogens is 490 g/mol. The minimum atomic E-state index is 0. The van der Waals surface area contributed by atoms with Gasteiger partial charge in [0.05, 0.1) is 0 Å². The molecule has 0 heterocycles. The van der Waals surface area contributed by atoms with E-state index in [-0.39, 0.29) is 51.0 Å². The summed E-state index contributed by atoms with van der Waals surface area (Å²) in [5, 5.41) is 2.72. The van der Waals surface area contributed by atoms with Crippen molar-refractivity contribution in [2.24, 2.45) is 0 Å². The van der Waals surface area contributed by atoms with Crippen LogP contribution in [0.25, 0.3) is 21.9 Å². The molecular formula is C25H29Cl2SiZr. The van der Waals surface area contributed by atoms with Crippen molar-refractivity contribution in [1.82, 2.24) is 0 Å². The van der Waals surface area contributed by atoms with Crippen LogP contribution in [0.5, 0.6) is 0 Å². The molecule has 0 saturated heterocycles. The molecule has 0 nitrogen and oxygen atoms in total. The number of hydrogen-bond donors (Lipinski definition) is 0. The van der Waals surface area contributed by atoms with Crippen molar-refractivity contribution in [2.75, 3.05) is 0 Å². The van der Waals surface area contributed by atoms with E-state index in [1.807, 2.05) is 26.0 Å². The molecule has 0 bridgehead atoms. The zero-order valence-electron chi connectivity index (χ0n) is 17.7. The van der Waals surface area contributed by atoms with Gasteiger partial charge in [0.2, 0.25) is 0 Å². The van der Waals surface area contributed by atoms with E-state index >= 15 is 0 Å². The summed E-state index contributed by atoms with van der Waals surface area (Å²) in [6.07, 6.45) is 11.1. The first-order valence-electron chi connectivity index (χ1n) is 9.34. The van der Waals surface area contributed by atoms with Gasteiger partial charge in [-0.25, -0.2) is 12.2 Å². The normalized spacial score (nSPS) is 9.83. The Kier molecular flexibility index (Phi) is 23.2. The molecule has 3 radical (unpaired) electrons. The van der Waals surface area contributed by atoms with E-state index < -0.39 is 0 Å². The Morgan fingerprint density at radius 2 is 1.62 bits per heavy atom. The van der Waals surface area contributed by atoms with Gasteiger partial charge in [-0.1, -0.05) is 69.3 Å². The fourth-order valence-electron chi connectivity index (χ4n) is 2.71. The van der Waals surface area contributed by atoms with E-state index in [2.05, 4.69) is 90.0 Å². The topological polar surface area (TPSA) is 0 Å². The van der Waals surface area contributed by atoms with Gasteiger partial charge >= 0.3 is 26.2 Å². The van der Waals surface area contributed by atoms with E-state index in [1.165, 1.54) is 27.5 Å². The molecule has 0 aliphatic heterocycles. The fourth-order valence-corrected chi connectivity index (χ4v) is 2.71. The molecule has 1 aliphatic carbocycles. The van der Waals surface area contributed by atoms with Crippen LogP contribution in [-0.2, 0) is 32.6 Å². The molecule has 0 fully saturated rings. The maximum Gasteiger partial charge on any atom is 4.00 e. The molecule has 0 N–H and O–H groups in total. The van der Waals surface area contributed by atoms with E-state index in [4.69, 9.17) is 0 Å². The van der Waals surface area contributed by atoms with Crippen LogP contribution in [0, 0.1) is 6.08 Å². The number of hydrogen-bond acceptors (Lipinski definition) is 0. The molecule has 4 heteroatoms. The van der Waals surface area contributed by atoms with Gasteiger partial charge in [0, 0.05) is 10.2 Å². The van der Waals surface area contributed by atoms with Crippen LogP contribution in [0.15, 0.2) is 78.9 Å². The Balaban J connectivity index is -0.000000485. The molecule has 3 aromatic rings. The van der Waals surface area contributed by atoms with Gasteiger partial charge in [-0.05, 0) is 12.0 Å². The summed E-state index contributed by atoms with van der Waals surface area (Å²) in [6, 6.07) is 21.8. The van der Waals surface area contributed by atoms with Crippen molar-refractivity contribution in [3.8, 4) is 11.1 Å². The number of halogens is 2. The van der Waals surface area contributed by atoms with Crippen molar-refractivity contribution in [2.45, 2.75) is 40.2 Å². The van der Waals surface area contributed by atoms with E-state index in [0.717, 1.165) is 12.8 Å². The van der Waals surface area contributed by atoms with Gasteiger partial charge in [0.25, 0.3) is 0 Å². The largest absolute Gasteiger partial charge is 4.00 e. The Labute approximate surface area is 212 Å². The number of allylic oxidation sites excluding steroid dienone is 4. The van der Waals surface area contributed by atoms with Crippen molar-refractivity contribution in [3.63, 3.8) is 0 Å². The molecule has 1 aliphatic rings. The van der Waals surface area contributed by atoms with Crippen LogP contribution in [-0.4, -0.2) is 10.2 Å². The Bertz CT molecular complexity index is 798. The van der Waals surface area contributed by atoms with Gasteiger partial charge < -0.3 is 24.8 Å². The molecule has 0 spiro atoms. The second-order valence-corrected chi connectivity index (χ2v) is 5.39.